The molecule has 0 spiro atoms. The summed E-state index contributed by atoms with van der Waals surface area (Å²) >= 11 is 0. The van der Waals surface area contributed by atoms with E-state index in [4.69, 9.17) is 19.6 Å². The molecule has 1 amide bonds. The van der Waals surface area contributed by atoms with Crippen LogP contribution < -0.4 is 20.1 Å². The lowest BCUT2D eigenvalue weighted by molar-refractivity contribution is -0.113. The second-order valence-electron chi connectivity index (χ2n) is 8.16. The van der Waals surface area contributed by atoms with E-state index in [1.165, 1.54) is 0 Å². The van der Waals surface area contributed by atoms with Gasteiger partial charge in [0.25, 0.3) is 5.91 Å². The van der Waals surface area contributed by atoms with E-state index >= 15 is 0 Å². The molecule has 1 aliphatic rings. The van der Waals surface area contributed by atoms with Crippen LogP contribution in [0.5, 0.6) is 11.5 Å². The number of benzene rings is 2. The molecule has 0 bridgehead atoms. The van der Waals surface area contributed by atoms with Gasteiger partial charge in [0.05, 0.1) is 31.2 Å². The molecule has 0 fully saturated rings. The molecule has 1 aliphatic heterocycles. The summed E-state index contributed by atoms with van der Waals surface area (Å²) in [6, 6.07) is 18.2. The number of rotatable bonds is 7. The zero-order chi connectivity index (χ0) is 25.1. The Labute approximate surface area is 208 Å². The number of amides is 1. The largest absolute Gasteiger partial charge is 0.496 e. The number of hydrogen-bond acceptors (Lipinski definition) is 7. The third kappa shape index (κ3) is 4.38. The molecule has 4 aromatic rings. The number of ether oxygens (including phenoxy) is 2. The molecule has 1 unspecified atom stereocenters. The highest BCUT2D eigenvalue weighted by Gasteiger charge is 2.36. The zero-order valence-corrected chi connectivity index (χ0v) is 20.2. The Morgan fingerprint density at radius 3 is 2.64 bits per heavy atom. The van der Waals surface area contributed by atoms with Crippen molar-refractivity contribution in [1.82, 2.24) is 19.7 Å². The average Bonchev–Trinajstić information content (AvgIpc) is 3.32. The minimum atomic E-state index is -0.571. The summed E-state index contributed by atoms with van der Waals surface area (Å²) < 4.78 is 12.9. The number of hydrogen-bond donors (Lipinski definition) is 2. The van der Waals surface area contributed by atoms with Crippen LogP contribution in [0.25, 0.3) is 11.4 Å². The van der Waals surface area contributed by atoms with Crippen LogP contribution in [0.4, 0.5) is 11.6 Å². The third-order valence-corrected chi connectivity index (χ3v) is 5.87. The Bertz CT molecular complexity index is 1410. The second-order valence-corrected chi connectivity index (χ2v) is 8.16. The first-order valence-corrected chi connectivity index (χ1v) is 11.6. The number of carbonyl (C=O) groups excluding carboxylic acids is 1. The molecular formula is C27H26N6O3. The van der Waals surface area contributed by atoms with Gasteiger partial charge in [-0.1, -0.05) is 18.2 Å². The maximum absolute atomic E-state index is 13.6. The van der Waals surface area contributed by atoms with Gasteiger partial charge >= 0.3 is 0 Å². The van der Waals surface area contributed by atoms with Crippen molar-refractivity contribution >= 4 is 17.5 Å². The molecule has 2 aromatic carbocycles. The van der Waals surface area contributed by atoms with Gasteiger partial charge in [-0.3, -0.25) is 9.78 Å². The number of methoxy groups -OCH3 is 1. The second kappa shape index (κ2) is 9.91. The third-order valence-electron chi connectivity index (χ3n) is 5.87. The summed E-state index contributed by atoms with van der Waals surface area (Å²) in [5.41, 5.74) is 3.40. The molecule has 0 saturated carbocycles. The minimum absolute atomic E-state index is 0.271. The van der Waals surface area contributed by atoms with Gasteiger partial charge in [0.2, 0.25) is 5.95 Å². The fourth-order valence-corrected chi connectivity index (χ4v) is 4.25. The average molecular weight is 483 g/mol. The number of allylic oxidation sites excluding steroid dienone is 1. The first-order chi connectivity index (χ1) is 17.6. The zero-order valence-electron chi connectivity index (χ0n) is 20.2. The van der Waals surface area contributed by atoms with Gasteiger partial charge in [-0.05, 0) is 56.3 Å². The van der Waals surface area contributed by atoms with Crippen LogP contribution in [0.2, 0.25) is 0 Å². The van der Waals surface area contributed by atoms with Gasteiger partial charge in [0.1, 0.15) is 17.5 Å². The number of pyridine rings is 1. The van der Waals surface area contributed by atoms with Crippen molar-refractivity contribution in [3.05, 3.63) is 89.9 Å². The number of para-hydroxylation sites is 1. The van der Waals surface area contributed by atoms with E-state index in [9.17, 15) is 4.79 Å². The van der Waals surface area contributed by atoms with E-state index in [-0.39, 0.29) is 5.91 Å². The number of fused-ring (bicyclic) bond motifs is 1. The van der Waals surface area contributed by atoms with Crippen molar-refractivity contribution < 1.29 is 14.3 Å². The molecule has 0 radical (unpaired) electrons. The molecule has 5 rings (SSSR count). The van der Waals surface area contributed by atoms with Crippen molar-refractivity contribution in [3.63, 3.8) is 0 Å². The quantitative estimate of drug-likeness (QED) is 0.394. The molecule has 182 valence electrons. The van der Waals surface area contributed by atoms with Gasteiger partial charge in [0, 0.05) is 23.0 Å². The fourth-order valence-electron chi connectivity index (χ4n) is 4.25. The summed E-state index contributed by atoms with van der Waals surface area (Å²) in [5.74, 6) is 2.22. The van der Waals surface area contributed by atoms with Crippen molar-refractivity contribution in [2.75, 3.05) is 24.4 Å². The number of carbonyl (C=O) groups is 1. The first kappa shape index (κ1) is 23.1. The monoisotopic (exact) mass is 482 g/mol. The molecular weight excluding hydrogens is 456 g/mol. The maximum atomic E-state index is 13.6. The molecule has 2 aromatic heterocycles. The van der Waals surface area contributed by atoms with E-state index in [0.717, 1.165) is 16.9 Å². The minimum Gasteiger partial charge on any atom is -0.496 e. The smallest absolute Gasteiger partial charge is 0.255 e. The lowest BCUT2D eigenvalue weighted by Crippen LogP contribution is -2.31. The van der Waals surface area contributed by atoms with Crippen LogP contribution in [-0.2, 0) is 4.79 Å². The summed E-state index contributed by atoms with van der Waals surface area (Å²) in [7, 11) is 1.61. The predicted molar refractivity (Wildman–Crippen MR) is 137 cm³/mol. The molecule has 0 aliphatic carbocycles. The molecule has 0 saturated heterocycles. The van der Waals surface area contributed by atoms with Crippen LogP contribution in [0.15, 0.2) is 84.3 Å². The Morgan fingerprint density at radius 1 is 1.11 bits per heavy atom. The summed E-state index contributed by atoms with van der Waals surface area (Å²) in [5, 5.41) is 11.0. The molecule has 2 N–H and O–H groups in total. The van der Waals surface area contributed by atoms with Crippen LogP contribution in [-0.4, -0.2) is 39.4 Å². The summed E-state index contributed by atoms with van der Waals surface area (Å²) in [4.78, 5) is 22.4. The Kier molecular flexibility index (Phi) is 6.36. The van der Waals surface area contributed by atoms with Crippen molar-refractivity contribution in [3.8, 4) is 22.9 Å². The van der Waals surface area contributed by atoms with E-state index in [0.29, 0.717) is 41.1 Å². The highest BCUT2D eigenvalue weighted by Crippen LogP contribution is 2.40. The molecule has 3 heterocycles. The number of nitrogens with zero attached hydrogens (tertiary/aromatic N) is 4. The van der Waals surface area contributed by atoms with Crippen LogP contribution in [0.1, 0.15) is 25.5 Å². The lowest BCUT2D eigenvalue weighted by Gasteiger charge is -2.29. The van der Waals surface area contributed by atoms with Gasteiger partial charge < -0.3 is 20.1 Å². The Balaban J connectivity index is 1.59. The van der Waals surface area contributed by atoms with E-state index in [1.54, 1.807) is 36.3 Å². The molecule has 1 atom stereocenters. The van der Waals surface area contributed by atoms with Gasteiger partial charge in [-0.15, -0.1) is 5.10 Å². The van der Waals surface area contributed by atoms with E-state index in [2.05, 4.69) is 15.6 Å². The van der Waals surface area contributed by atoms with Crippen molar-refractivity contribution in [2.45, 2.75) is 19.9 Å². The van der Waals surface area contributed by atoms with Gasteiger partial charge in [-0.25, -0.2) is 4.68 Å². The van der Waals surface area contributed by atoms with Gasteiger partial charge in [-0.2, -0.15) is 4.98 Å². The number of nitrogens with one attached hydrogen (secondary N) is 2. The van der Waals surface area contributed by atoms with Gasteiger partial charge in [0.15, 0.2) is 5.82 Å². The summed E-state index contributed by atoms with van der Waals surface area (Å²) in [6.45, 7) is 4.39. The number of aromatic nitrogens is 4. The van der Waals surface area contributed by atoms with Crippen LogP contribution >= 0.6 is 0 Å². The SMILES string of the molecule is CCOc1ccc(-c2nc3n(n2)C(c2ccccc2OC)C(C(=O)Nc2cccnc2)=C(C)N3)cc1. The van der Waals surface area contributed by atoms with Crippen molar-refractivity contribution in [2.24, 2.45) is 0 Å². The Morgan fingerprint density at radius 2 is 1.92 bits per heavy atom. The highest BCUT2D eigenvalue weighted by molar-refractivity contribution is 6.06. The van der Waals surface area contributed by atoms with E-state index < -0.39 is 6.04 Å². The predicted octanol–water partition coefficient (Wildman–Crippen LogP) is 4.68. The molecule has 36 heavy (non-hydrogen) atoms. The van der Waals surface area contributed by atoms with E-state index in [1.807, 2.05) is 62.4 Å². The van der Waals surface area contributed by atoms with Crippen LogP contribution in [0, 0.1) is 0 Å². The first-order valence-electron chi connectivity index (χ1n) is 11.6. The maximum Gasteiger partial charge on any atom is 0.255 e. The topological polar surface area (TPSA) is 103 Å². The van der Waals surface area contributed by atoms with Crippen molar-refractivity contribution in [1.29, 1.82) is 0 Å². The Hall–Kier alpha value is -4.66. The normalized spacial score (nSPS) is 14.6. The summed E-state index contributed by atoms with van der Waals surface area (Å²) in [6.07, 6.45) is 3.26. The highest BCUT2D eigenvalue weighted by atomic mass is 16.5. The standard InChI is InChI=1S/C27H26N6O3/c1-4-36-20-13-11-18(12-14-20)25-31-27-29-17(2)23(26(34)30-19-8-7-15-28-16-19)24(33(27)32-25)21-9-5-6-10-22(21)35-3/h5-16,24H,4H2,1-3H3,(H,30,34)(H,29,31,32). The molecule has 9 heteroatoms. The molecule has 9 nitrogen and oxygen atoms in total. The lowest BCUT2D eigenvalue weighted by atomic mass is 9.94. The fraction of sp³-hybridized carbons (Fsp3) is 0.185. The number of anilines is 2. The van der Waals surface area contributed by atoms with Crippen LogP contribution in [0.3, 0.4) is 0 Å².